The van der Waals surface area contributed by atoms with Crippen LogP contribution in [0, 0.1) is 5.92 Å². The number of carbonyl (C=O) groups excluding carboxylic acids is 1. The van der Waals surface area contributed by atoms with E-state index in [9.17, 15) is 9.90 Å². The minimum Gasteiger partial charge on any atom is -0.392 e. The summed E-state index contributed by atoms with van der Waals surface area (Å²) in [5.41, 5.74) is 0.575. The zero-order chi connectivity index (χ0) is 14.8. The van der Waals surface area contributed by atoms with Crippen LogP contribution in [0.25, 0.3) is 0 Å². The largest absolute Gasteiger partial charge is 0.392 e. The Balaban J connectivity index is 1.53. The number of halogens is 1. The number of β-amino-alcohol motifs (C(OH)–C–C–N with tert-alkyl or cyclic N) is 1. The molecule has 2 fully saturated rings. The lowest BCUT2D eigenvalue weighted by molar-refractivity contribution is 0.0489. The molecule has 1 aliphatic heterocycles. The molecule has 114 valence electrons. The van der Waals surface area contributed by atoms with Gasteiger partial charge in [0.15, 0.2) is 0 Å². The zero-order valence-electron chi connectivity index (χ0n) is 12.0. The van der Waals surface area contributed by atoms with Crippen molar-refractivity contribution >= 4 is 17.5 Å². The fourth-order valence-electron chi connectivity index (χ4n) is 2.83. The number of aliphatic hydroxyl groups is 1. The van der Waals surface area contributed by atoms with Crippen LogP contribution in [0.5, 0.6) is 0 Å². The van der Waals surface area contributed by atoms with Gasteiger partial charge in [-0.15, -0.1) is 0 Å². The summed E-state index contributed by atoms with van der Waals surface area (Å²) in [4.78, 5) is 16.5. The maximum absolute atomic E-state index is 12.4. The highest BCUT2D eigenvalue weighted by Crippen LogP contribution is 2.33. The van der Waals surface area contributed by atoms with Crippen LogP contribution in [0.15, 0.2) is 24.3 Å². The van der Waals surface area contributed by atoms with E-state index in [1.807, 2.05) is 17.0 Å². The standard InChI is InChI=1S/C16H21ClN2O2/c17-14-4-2-1-3-13(14)16(21)19-9-7-18(8-10-19)11-15(20)12-5-6-12/h1-4,12,15,20H,5-11H2. The van der Waals surface area contributed by atoms with E-state index in [2.05, 4.69) is 4.90 Å². The molecule has 0 bridgehead atoms. The molecule has 2 aliphatic rings. The molecule has 1 atom stereocenters. The van der Waals surface area contributed by atoms with Crippen molar-refractivity contribution in [1.82, 2.24) is 9.80 Å². The van der Waals surface area contributed by atoms with Gasteiger partial charge < -0.3 is 10.0 Å². The molecular weight excluding hydrogens is 288 g/mol. The first kappa shape index (κ1) is 14.8. The molecule has 1 amide bonds. The highest BCUT2D eigenvalue weighted by atomic mass is 35.5. The molecule has 1 aromatic carbocycles. The van der Waals surface area contributed by atoms with E-state index in [0.29, 0.717) is 29.6 Å². The lowest BCUT2D eigenvalue weighted by Crippen LogP contribution is -2.50. The summed E-state index contributed by atoms with van der Waals surface area (Å²) in [5, 5.41) is 10.5. The second-order valence-electron chi connectivity index (χ2n) is 5.98. The van der Waals surface area contributed by atoms with Crippen LogP contribution >= 0.6 is 11.6 Å². The third-order valence-electron chi connectivity index (χ3n) is 4.38. The number of rotatable bonds is 4. The molecule has 0 aromatic heterocycles. The number of benzene rings is 1. The molecule has 1 saturated heterocycles. The first-order valence-electron chi connectivity index (χ1n) is 7.59. The summed E-state index contributed by atoms with van der Waals surface area (Å²) in [6.07, 6.45) is 2.12. The van der Waals surface area contributed by atoms with Gasteiger partial charge in [0.25, 0.3) is 5.91 Å². The van der Waals surface area contributed by atoms with Crippen LogP contribution in [-0.2, 0) is 0 Å². The van der Waals surface area contributed by atoms with Crippen LogP contribution in [0.3, 0.4) is 0 Å². The van der Waals surface area contributed by atoms with Gasteiger partial charge in [-0.05, 0) is 30.9 Å². The summed E-state index contributed by atoms with van der Waals surface area (Å²) >= 11 is 6.09. The molecule has 0 spiro atoms. The van der Waals surface area contributed by atoms with Crippen molar-refractivity contribution in [3.8, 4) is 0 Å². The number of aliphatic hydroxyl groups excluding tert-OH is 1. The van der Waals surface area contributed by atoms with Gasteiger partial charge in [-0.3, -0.25) is 9.69 Å². The number of hydrogen-bond donors (Lipinski definition) is 1. The zero-order valence-corrected chi connectivity index (χ0v) is 12.8. The van der Waals surface area contributed by atoms with Crippen molar-refractivity contribution in [2.75, 3.05) is 32.7 Å². The first-order valence-corrected chi connectivity index (χ1v) is 7.97. The molecule has 1 unspecified atom stereocenters. The molecule has 1 N–H and O–H groups in total. The number of hydrogen-bond acceptors (Lipinski definition) is 3. The summed E-state index contributed by atoms with van der Waals surface area (Å²) in [6, 6.07) is 7.18. The lowest BCUT2D eigenvalue weighted by atomic mass is 10.1. The van der Waals surface area contributed by atoms with Gasteiger partial charge in [0.1, 0.15) is 0 Å². The van der Waals surface area contributed by atoms with Crippen LogP contribution < -0.4 is 0 Å². The number of nitrogens with zero attached hydrogens (tertiary/aromatic N) is 2. The highest BCUT2D eigenvalue weighted by molar-refractivity contribution is 6.33. The van der Waals surface area contributed by atoms with Crippen LogP contribution in [0.4, 0.5) is 0 Å². The second-order valence-corrected chi connectivity index (χ2v) is 6.38. The molecule has 21 heavy (non-hydrogen) atoms. The Kier molecular flexibility index (Phi) is 4.48. The van der Waals surface area contributed by atoms with Crippen molar-refractivity contribution in [3.05, 3.63) is 34.9 Å². The predicted molar refractivity (Wildman–Crippen MR) is 82.5 cm³/mol. The van der Waals surface area contributed by atoms with Crippen molar-refractivity contribution < 1.29 is 9.90 Å². The summed E-state index contributed by atoms with van der Waals surface area (Å²) in [7, 11) is 0. The average Bonchev–Trinajstić information content (AvgIpc) is 3.32. The Morgan fingerprint density at radius 1 is 1.24 bits per heavy atom. The summed E-state index contributed by atoms with van der Waals surface area (Å²) in [5.74, 6) is 0.510. The molecule has 3 rings (SSSR count). The van der Waals surface area contributed by atoms with Crippen LogP contribution in [0.1, 0.15) is 23.2 Å². The molecule has 0 radical (unpaired) electrons. The maximum Gasteiger partial charge on any atom is 0.255 e. The highest BCUT2D eigenvalue weighted by Gasteiger charge is 2.32. The van der Waals surface area contributed by atoms with Crippen LogP contribution in [-0.4, -0.2) is 59.6 Å². The van der Waals surface area contributed by atoms with Gasteiger partial charge in [0.2, 0.25) is 0 Å². The Morgan fingerprint density at radius 2 is 1.90 bits per heavy atom. The fraction of sp³-hybridized carbons (Fsp3) is 0.562. The Morgan fingerprint density at radius 3 is 2.52 bits per heavy atom. The molecule has 5 heteroatoms. The van der Waals surface area contributed by atoms with E-state index in [1.165, 1.54) is 0 Å². The van der Waals surface area contributed by atoms with E-state index >= 15 is 0 Å². The number of amides is 1. The fourth-order valence-corrected chi connectivity index (χ4v) is 3.05. The lowest BCUT2D eigenvalue weighted by Gasteiger charge is -2.35. The summed E-state index contributed by atoms with van der Waals surface area (Å²) in [6.45, 7) is 3.77. The monoisotopic (exact) mass is 308 g/mol. The van der Waals surface area contributed by atoms with Gasteiger partial charge in [0.05, 0.1) is 16.7 Å². The minimum absolute atomic E-state index is 0.00277. The Hall–Kier alpha value is -1.10. The van der Waals surface area contributed by atoms with E-state index < -0.39 is 0 Å². The van der Waals surface area contributed by atoms with E-state index in [-0.39, 0.29) is 12.0 Å². The second kappa shape index (κ2) is 6.34. The van der Waals surface area contributed by atoms with Crippen molar-refractivity contribution in [1.29, 1.82) is 0 Å². The summed E-state index contributed by atoms with van der Waals surface area (Å²) < 4.78 is 0. The van der Waals surface area contributed by atoms with Gasteiger partial charge in [-0.1, -0.05) is 23.7 Å². The van der Waals surface area contributed by atoms with Gasteiger partial charge in [0, 0.05) is 32.7 Å². The minimum atomic E-state index is -0.198. The Bertz CT molecular complexity index is 511. The van der Waals surface area contributed by atoms with Gasteiger partial charge >= 0.3 is 0 Å². The molecule has 1 heterocycles. The first-order chi connectivity index (χ1) is 10.1. The average molecular weight is 309 g/mol. The van der Waals surface area contributed by atoms with E-state index in [1.54, 1.807) is 12.1 Å². The topological polar surface area (TPSA) is 43.8 Å². The van der Waals surface area contributed by atoms with Crippen molar-refractivity contribution in [3.63, 3.8) is 0 Å². The normalized spacial score (nSPS) is 21.3. The van der Waals surface area contributed by atoms with Crippen LogP contribution in [0.2, 0.25) is 5.02 Å². The van der Waals surface area contributed by atoms with Crippen molar-refractivity contribution in [2.45, 2.75) is 18.9 Å². The molecule has 1 aromatic rings. The quantitative estimate of drug-likeness (QED) is 0.923. The Labute approximate surface area is 130 Å². The van der Waals surface area contributed by atoms with Gasteiger partial charge in [-0.25, -0.2) is 0 Å². The smallest absolute Gasteiger partial charge is 0.255 e. The predicted octanol–water partition coefficient (Wildman–Crippen LogP) is 1.87. The molecule has 4 nitrogen and oxygen atoms in total. The maximum atomic E-state index is 12.4. The third-order valence-corrected chi connectivity index (χ3v) is 4.70. The number of piperazine rings is 1. The van der Waals surface area contributed by atoms with Gasteiger partial charge in [-0.2, -0.15) is 0 Å². The number of carbonyl (C=O) groups is 1. The molecule has 1 aliphatic carbocycles. The van der Waals surface area contributed by atoms with Crippen molar-refractivity contribution in [2.24, 2.45) is 5.92 Å². The third kappa shape index (κ3) is 3.57. The van der Waals surface area contributed by atoms with E-state index in [0.717, 1.165) is 32.5 Å². The molecular formula is C16H21ClN2O2. The molecule has 1 saturated carbocycles. The van der Waals surface area contributed by atoms with E-state index in [4.69, 9.17) is 11.6 Å². The SMILES string of the molecule is O=C(c1ccccc1Cl)N1CCN(CC(O)C2CC2)CC1.